The third-order valence-electron chi connectivity index (χ3n) is 3.25. The highest BCUT2D eigenvalue weighted by Gasteiger charge is 2.26. The van der Waals surface area contributed by atoms with Crippen LogP contribution in [0.5, 0.6) is 0 Å². The number of nitrogens with zero attached hydrogens (tertiary/aromatic N) is 1. The van der Waals surface area contributed by atoms with E-state index in [-0.39, 0.29) is 35.9 Å². The van der Waals surface area contributed by atoms with Crippen LogP contribution in [0.15, 0.2) is 29.3 Å². The van der Waals surface area contributed by atoms with E-state index in [2.05, 4.69) is 15.6 Å². The Morgan fingerprint density at radius 3 is 2.17 bits per heavy atom. The van der Waals surface area contributed by atoms with Gasteiger partial charge in [-0.1, -0.05) is 37.6 Å². The highest BCUT2D eigenvalue weighted by molar-refractivity contribution is 14.0. The predicted octanol–water partition coefficient (Wildman–Crippen LogP) is 4.35. The monoisotopic (exact) mass is 463 g/mol. The summed E-state index contributed by atoms with van der Waals surface area (Å²) < 4.78 is 36.4. The maximum absolute atomic E-state index is 12.1. The fourth-order valence-corrected chi connectivity index (χ4v) is 1.98. The minimum atomic E-state index is -4.17. The van der Waals surface area contributed by atoms with E-state index >= 15 is 0 Å². The lowest BCUT2D eigenvalue weighted by Crippen LogP contribution is -2.44. The van der Waals surface area contributed by atoms with Crippen molar-refractivity contribution in [1.82, 2.24) is 10.6 Å². The van der Waals surface area contributed by atoms with Gasteiger partial charge in [-0.15, -0.1) is 24.0 Å². The van der Waals surface area contributed by atoms with E-state index in [1.165, 1.54) is 7.05 Å². The maximum Gasteiger partial charge on any atom is 0.390 e. The van der Waals surface area contributed by atoms with Gasteiger partial charge in [0.1, 0.15) is 0 Å². The van der Waals surface area contributed by atoms with Crippen molar-refractivity contribution in [3.05, 3.63) is 34.9 Å². The average Bonchev–Trinajstić information content (AvgIpc) is 2.42. The van der Waals surface area contributed by atoms with E-state index in [4.69, 9.17) is 11.6 Å². The second-order valence-corrected chi connectivity index (χ2v) is 6.04. The van der Waals surface area contributed by atoms with Gasteiger partial charge >= 0.3 is 6.18 Å². The quantitative estimate of drug-likeness (QED) is 0.387. The van der Waals surface area contributed by atoms with Gasteiger partial charge < -0.3 is 10.6 Å². The Bertz CT molecular complexity index is 502. The van der Waals surface area contributed by atoms with Gasteiger partial charge in [-0.05, 0) is 17.7 Å². The van der Waals surface area contributed by atoms with E-state index in [0.717, 1.165) is 5.56 Å². The molecule has 8 heteroatoms. The molecule has 1 aromatic rings. The number of alkyl halides is 3. The molecular formula is C15H22ClF3IN3. The van der Waals surface area contributed by atoms with Crippen LogP contribution in [0.3, 0.4) is 0 Å². The molecule has 0 heterocycles. The van der Waals surface area contributed by atoms with Gasteiger partial charge in [-0.25, -0.2) is 0 Å². The number of benzene rings is 1. The fraction of sp³-hybridized carbons (Fsp3) is 0.533. The highest BCUT2D eigenvalue weighted by Crippen LogP contribution is 2.23. The molecule has 0 aromatic heterocycles. The first kappa shape index (κ1) is 22.3. The van der Waals surface area contributed by atoms with Crippen molar-refractivity contribution in [1.29, 1.82) is 0 Å². The van der Waals surface area contributed by atoms with Crippen LogP contribution >= 0.6 is 35.6 Å². The Labute approximate surface area is 157 Å². The van der Waals surface area contributed by atoms with Crippen molar-refractivity contribution < 1.29 is 13.2 Å². The normalized spacial score (nSPS) is 12.6. The zero-order valence-corrected chi connectivity index (χ0v) is 16.4. The largest absolute Gasteiger partial charge is 0.390 e. The number of hydrogen-bond donors (Lipinski definition) is 2. The van der Waals surface area contributed by atoms with Crippen LogP contribution in [0.4, 0.5) is 13.2 Å². The van der Waals surface area contributed by atoms with Crippen molar-refractivity contribution in [2.45, 2.75) is 31.9 Å². The summed E-state index contributed by atoms with van der Waals surface area (Å²) in [5, 5.41) is 6.37. The van der Waals surface area contributed by atoms with E-state index in [0.29, 0.717) is 17.5 Å². The molecule has 0 aliphatic heterocycles. The molecule has 0 spiro atoms. The zero-order valence-electron chi connectivity index (χ0n) is 13.3. The molecule has 0 bridgehead atoms. The van der Waals surface area contributed by atoms with Gasteiger partial charge in [0.2, 0.25) is 0 Å². The van der Waals surface area contributed by atoms with Gasteiger partial charge in [0.15, 0.2) is 5.96 Å². The van der Waals surface area contributed by atoms with Crippen LogP contribution in [-0.2, 0) is 5.41 Å². The Hall–Kier alpha value is -0.700. The number of rotatable bonds is 5. The summed E-state index contributed by atoms with van der Waals surface area (Å²) in [4.78, 5) is 3.92. The minimum absolute atomic E-state index is 0. The zero-order chi connectivity index (χ0) is 16.8. The second-order valence-electron chi connectivity index (χ2n) is 5.61. The lowest BCUT2D eigenvalue weighted by Gasteiger charge is -2.27. The molecule has 1 aromatic carbocycles. The summed E-state index contributed by atoms with van der Waals surface area (Å²) in [5.74, 6) is 0.353. The van der Waals surface area contributed by atoms with Crippen molar-refractivity contribution in [2.75, 3.05) is 20.1 Å². The Morgan fingerprint density at radius 1 is 1.13 bits per heavy atom. The van der Waals surface area contributed by atoms with E-state index < -0.39 is 12.6 Å². The third-order valence-corrected chi connectivity index (χ3v) is 3.50. The molecule has 1 rings (SSSR count). The summed E-state index contributed by atoms with van der Waals surface area (Å²) in [5.41, 5.74) is 0.863. The molecule has 3 nitrogen and oxygen atoms in total. The molecular weight excluding hydrogens is 442 g/mol. The highest BCUT2D eigenvalue weighted by atomic mass is 127. The Balaban J connectivity index is 0.00000484. The first-order valence-electron chi connectivity index (χ1n) is 6.91. The molecule has 23 heavy (non-hydrogen) atoms. The van der Waals surface area contributed by atoms with Crippen molar-refractivity contribution in [3.8, 4) is 0 Å². The topological polar surface area (TPSA) is 36.4 Å². The number of nitrogens with one attached hydrogen (secondary N) is 2. The van der Waals surface area contributed by atoms with Gasteiger partial charge in [0.05, 0.1) is 6.42 Å². The van der Waals surface area contributed by atoms with Crippen LogP contribution in [-0.4, -0.2) is 32.3 Å². The van der Waals surface area contributed by atoms with E-state index in [1.54, 1.807) is 0 Å². The first-order valence-corrected chi connectivity index (χ1v) is 7.29. The summed E-state index contributed by atoms with van der Waals surface area (Å²) in [6.07, 6.45) is -5.07. The minimum Gasteiger partial charge on any atom is -0.356 e. The first-order chi connectivity index (χ1) is 10.1. The van der Waals surface area contributed by atoms with Crippen LogP contribution in [0.2, 0.25) is 5.02 Å². The van der Waals surface area contributed by atoms with Gasteiger partial charge in [0.25, 0.3) is 0 Å². The molecule has 0 radical (unpaired) electrons. The molecule has 0 atom stereocenters. The smallest absolute Gasteiger partial charge is 0.356 e. The lowest BCUT2D eigenvalue weighted by molar-refractivity contribution is -0.132. The van der Waals surface area contributed by atoms with Crippen molar-refractivity contribution in [2.24, 2.45) is 4.99 Å². The van der Waals surface area contributed by atoms with Gasteiger partial charge in [-0.2, -0.15) is 13.2 Å². The Morgan fingerprint density at radius 2 is 1.70 bits per heavy atom. The van der Waals surface area contributed by atoms with E-state index in [9.17, 15) is 13.2 Å². The molecule has 0 fully saturated rings. The lowest BCUT2D eigenvalue weighted by atomic mass is 9.85. The van der Waals surface area contributed by atoms with Crippen molar-refractivity contribution in [3.63, 3.8) is 0 Å². The average molecular weight is 464 g/mol. The molecule has 0 saturated carbocycles. The number of halogens is 5. The number of guanidine groups is 1. The number of hydrogen-bond acceptors (Lipinski definition) is 1. The van der Waals surface area contributed by atoms with Crippen LogP contribution in [0.25, 0.3) is 0 Å². The van der Waals surface area contributed by atoms with Crippen LogP contribution in [0, 0.1) is 0 Å². The summed E-state index contributed by atoms with van der Waals surface area (Å²) in [7, 11) is 1.53. The predicted molar refractivity (Wildman–Crippen MR) is 99.9 cm³/mol. The summed E-state index contributed by atoms with van der Waals surface area (Å²) >= 11 is 5.87. The molecule has 0 amide bonds. The van der Waals surface area contributed by atoms with Gasteiger partial charge in [0, 0.05) is 30.6 Å². The van der Waals surface area contributed by atoms with Gasteiger partial charge in [-0.3, -0.25) is 4.99 Å². The SMILES string of the molecule is CN=C(NCCC(F)(F)F)NCC(C)(C)c1ccc(Cl)cc1.I. The van der Waals surface area contributed by atoms with Crippen LogP contribution in [0.1, 0.15) is 25.8 Å². The molecule has 0 aliphatic carbocycles. The maximum atomic E-state index is 12.1. The molecule has 132 valence electrons. The second kappa shape index (κ2) is 9.56. The van der Waals surface area contributed by atoms with Crippen LogP contribution < -0.4 is 10.6 Å². The Kier molecular flexibility index (Phi) is 9.27. The third kappa shape index (κ3) is 8.64. The molecule has 0 saturated heterocycles. The molecule has 0 aliphatic rings. The molecule has 2 N–H and O–H groups in total. The summed E-state index contributed by atoms with van der Waals surface area (Å²) in [6.45, 7) is 4.39. The van der Waals surface area contributed by atoms with Crippen molar-refractivity contribution >= 4 is 41.5 Å². The standard InChI is InChI=1S/C15H21ClF3N3.HI/c1-14(2,11-4-6-12(16)7-5-11)10-22-13(20-3)21-9-8-15(17,18)19;/h4-7H,8-10H2,1-3H3,(H2,20,21,22);1H. The number of aliphatic imine (C=N–C) groups is 1. The summed E-state index contributed by atoms with van der Waals surface area (Å²) in [6, 6.07) is 7.50. The van der Waals surface area contributed by atoms with E-state index in [1.807, 2.05) is 38.1 Å². The fourth-order valence-electron chi connectivity index (χ4n) is 1.85. The molecule has 0 unspecified atom stereocenters.